The van der Waals surface area contributed by atoms with Crippen molar-refractivity contribution in [3.05, 3.63) is 35.6 Å². The minimum Gasteiger partial charge on any atom is -0.382 e. The monoisotopic (exact) mass is 219 g/mol. The molecule has 1 rings (SSSR count). The van der Waals surface area contributed by atoms with Crippen molar-refractivity contribution in [3.8, 4) is 0 Å². The first kappa shape index (κ1) is 13.1. The lowest BCUT2D eigenvalue weighted by Gasteiger charge is -2.23. The molecule has 0 spiro atoms. The van der Waals surface area contributed by atoms with Crippen molar-refractivity contribution in [1.29, 1.82) is 0 Å². The van der Waals surface area contributed by atoms with Crippen LogP contribution in [0.3, 0.4) is 0 Å². The zero-order valence-electron chi connectivity index (χ0n) is 11.1. The predicted octanol–water partition coefficient (Wildman–Crippen LogP) is 4.19. The maximum Gasteiger partial charge on any atom is 0.0305 e. The summed E-state index contributed by atoms with van der Waals surface area (Å²) in [5.41, 5.74) is 2.63. The largest absolute Gasteiger partial charge is 0.382 e. The molecule has 0 heterocycles. The van der Waals surface area contributed by atoms with Gasteiger partial charge in [0.2, 0.25) is 0 Å². The van der Waals surface area contributed by atoms with Crippen molar-refractivity contribution in [2.24, 2.45) is 5.92 Å². The van der Waals surface area contributed by atoms with Crippen LogP contribution in [0.25, 0.3) is 0 Å². The molecule has 0 aromatic carbocycles. The van der Waals surface area contributed by atoms with Gasteiger partial charge in [0.1, 0.15) is 0 Å². The van der Waals surface area contributed by atoms with E-state index in [0.29, 0.717) is 12.0 Å². The van der Waals surface area contributed by atoms with Crippen LogP contribution < -0.4 is 5.32 Å². The van der Waals surface area contributed by atoms with Crippen molar-refractivity contribution >= 4 is 0 Å². The quantitative estimate of drug-likeness (QED) is 0.731. The topological polar surface area (TPSA) is 12.0 Å². The number of hydrogen-bond acceptors (Lipinski definition) is 1. The van der Waals surface area contributed by atoms with Crippen LogP contribution in [0.2, 0.25) is 0 Å². The summed E-state index contributed by atoms with van der Waals surface area (Å²) in [5.74, 6) is 0.687. The van der Waals surface area contributed by atoms with Crippen molar-refractivity contribution in [2.45, 2.75) is 53.0 Å². The van der Waals surface area contributed by atoms with Crippen molar-refractivity contribution in [2.75, 3.05) is 0 Å². The first-order valence-electron chi connectivity index (χ1n) is 6.45. The average Bonchev–Trinajstić information content (AvgIpc) is 2.43. The van der Waals surface area contributed by atoms with Crippen LogP contribution >= 0.6 is 0 Å². The van der Waals surface area contributed by atoms with Gasteiger partial charge >= 0.3 is 0 Å². The zero-order valence-corrected chi connectivity index (χ0v) is 11.1. The van der Waals surface area contributed by atoms with Crippen LogP contribution in [0, 0.1) is 5.92 Å². The van der Waals surface area contributed by atoms with Crippen LogP contribution in [-0.4, -0.2) is 6.04 Å². The highest BCUT2D eigenvalue weighted by Gasteiger charge is 2.12. The summed E-state index contributed by atoms with van der Waals surface area (Å²) in [6, 6.07) is 0.597. The third-order valence-corrected chi connectivity index (χ3v) is 3.06. The average molecular weight is 219 g/mol. The molecule has 1 unspecified atom stereocenters. The fourth-order valence-corrected chi connectivity index (χ4v) is 1.93. The van der Waals surface area contributed by atoms with E-state index in [1.807, 2.05) is 0 Å². The molecule has 0 amide bonds. The number of nitrogens with one attached hydrogen (secondary N) is 1. The van der Waals surface area contributed by atoms with E-state index in [0.717, 1.165) is 6.42 Å². The lowest BCUT2D eigenvalue weighted by Crippen LogP contribution is -2.32. The first-order valence-corrected chi connectivity index (χ1v) is 6.45. The Hall–Kier alpha value is -0.980. The lowest BCUT2D eigenvalue weighted by molar-refractivity contribution is 0.405. The molecule has 0 saturated carbocycles. The smallest absolute Gasteiger partial charge is 0.0305 e. The maximum atomic E-state index is 3.66. The molecule has 0 radical (unpaired) electrons. The van der Waals surface area contributed by atoms with Crippen molar-refractivity contribution < 1.29 is 0 Å². The fourth-order valence-electron chi connectivity index (χ4n) is 1.93. The summed E-state index contributed by atoms with van der Waals surface area (Å²) in [4.78, 5) is 0. The Morgan fingerprint density at radius 3 is 2.62 bits per heavy atom. The van der Waals surface area contributed by atoms with Gasteiger partial charge in [0.05, 0.1) is 0 Å². The van der Waals surface area contributed by atoms with Crippen LogP contribution in [0.15, 0.2) is 35.6 Å². The second kappa shape index (κ2) is 6.57. The lowest BCUT2D eigenvalue weighted by atomic mass is 9.99. The number of allylic oxidation sites excluding steroid dienone is 5. The molecular weight excluding hydrogens is 194 g/mol. The van der Waals surface area contributed by atoms with E-state index in [-0.39, 0.29) is 0 Å². The second-order valence-corrected chi connectivity index (χ2v) is 4.96. The standard InChI is InChI=1S/C15H25N/c1-5-7-15(12(2)3)16-14-9-6-8-13(4)10-11-14/h8-12,15-16H,5-7H2,1-4H3. The normalized spacial score (nSPS) is 17.8. The van der Waals surface area contributed by atoms with Crippen LogP contribution in [0.5, 0.6) is 0 Å². The first-order chi connectivity index (χ1) is 7.63. The molecule has 1 aliphatic carbocycles. The van der Waals surface area contributed by atoms with Crippen LogP contribution in [-0.2, 0) is 0 Å². The van der Waals surface area contributed by atoms with E-state index in [9.17, 15) is 0 Å². The van der Waals surface area contributed by atoms with E-state index in [4.69, 9.17) is 0 Å². The van der Waals surface area contributed by atoms with Gasteiger partial charge in [0.15, 0.2) is 0 Å². The van der Waals surface area contributed by atoms with Gasteiger partial charge in [-0.15, -0.1) is 0 Å². The summed E-state index contributed by atoms with van der Waals surface area (Å²) in [5, 5.41) is 3.66. The molecule has 0 saturated heterocycles. The molecule has 0 aromatic rings. The van der Waals surface area contributed by atoms with Gasteiger partial charge in [-0.2, -0.15) is 0 Å². The highest BCUT2D eigenvalue weighted by atomic mass is 14.9. The molecule has 0 fully saturated rings. The van der Waals surface area contributed by atoms with Crippen molar-refractivity contribution in [1.82, 2.24) is 5.32 Å². The summed E-state index contributed by atoms with van der Waals surface area (Å²) < 4.78 is 0. The molecule has 0 bridgehead atoms. The highest BCUT2D eigenvalue weighted by molar-refractivity contribution is 5.30. The summed E-state index contributed by atoms with van der Waals surface area (Å²) in [6.07, 6.45) is 12.4. The Morgan fingerprint density at radius 1 is 1.25 bits per heavy atom. The third kappa shape index (κ3) is 4.26. The minimum atomic E-state index is 0.597. The van der Waals surface area contributed by atoms with Gasteiger partial charge in [-0.3, -0.25) is 0 Å². The van der Waals surface area contributed by atoms with Crippen LogP contribution in [0.4, 0.5) is 0 Å². The summed E-state index contributed by atoms with van der Waals surface area (Å²) >= 11 is 0. The third-order valence-electron chi connectivity index (χ3n) is 3.06. The minimum absolute atomic E-state index is 0.597. The van der Waals surface area contributed by atoms with E-state index in [2.05, 4.69) is 57.3 Å². The van der Waals surface area contributed by atoms with E-state index >= 15 is 0 Å². The van der Waals surface area contributed by atoms with Gasteiger partial charge in [-0.25, -0.2) is 0 Å². The maximum absolute atomic E-state index is 3.66. The molecule has 16 heavy (non-hydrogen) atoms. The Balaban J connectivity index is 2.58. The molecule has 1 atom stereocenters. The van der Waals surface area contributed by atoms with Gasteiger partial charge in [-0.05, 0) is 31.8 Å². The molecule has 1 aliphatic rings. The molecule has 1 heteroatoms. The van der Waals surface area contributed by atoms with Gasteiger partial charge < -0.3 is 5.32 Å². The van der Waals surface area contributed by atoms with E-state index < -0.39 is 0 Å². The zero-order chi connectivity index (χ0) is 12.0. The Kier molecular flexibility index (Phi) is 5.37. The van der Waals surface area contributed by atoms with Gasteiger partial charge in [0.25, 0.3) is 0 Å². The fraction of sp³-hybridized carbons (Fsp3) is 0.600. The summed E-state index contributed by atoms with van der Waals surface area (Å²) in [7, 11) is 0. The SMILES string of the molecule is CCCC(NC1=CCC=C(C)C=C1)C(C)C. The van der Waals surface area contributed by atoms with Gasteiger partial charge in [0, 0.05) is 11.7 Å². The Labute approximate surface area is 100 Å². The van der Waals surface area contributed by atoms with E-state index in [1.54, 1.807) is 0 Å². The van der Waals surface area contributed by atoms with Crippen LogP contribution in [0.1, 0.15) is 47.0 Å². The highest BCUT2D eigenvalue weighted by Crippen LogP contribution is 2.13. The Morgan fingerprint density at radius 2 is 2.00 bits per heavy atom. The molecule has 0 aromatic heterocycles. The number of rotatable bonds is 5. The molecule has 90 valence electrons. The molecule has 0 aliphatic heterocycles. The van der Waals surface area contributed by atoms with Crippen molar-refractivity contribution in [3.63, 3.8) is 0 Å². The Bertz CT molecular complexity index is 295. The number of hydrogen-bond donors (Lipinski definition) is 1. The van der Waals surface area contributed by atoms with Gasteiger partial charge in [-0.1, -0.05) is 51.0 Å². The molecule has 1 nitrogen and oxygen atoms in total. The molecular formula is C15H25N. The van der Waals surface area contributed by atoms with E-state index in [1.165, 1.54) is 24.1 Å². The second-order valence-electron chi connectivity index (χ2n) is 4.96. The molecule has 1 N–H and O–H groups in total. The predicted molar refractivity (Wildman–Crippen MR) is 72.3 cm³/mol. The summed E-state index contributed by atoms with van der Waals surface area (Å²) in [6.45, 7) is 8.98.